The maximum absolute atomic E-state index is 13.4. The number of carbonyl (C=O) groups excluding carboxylic acids is 5. The average molecular weight is 914 g/mol. The lowest BCUT2D eigenvalue weighted by molar-refractivity contribution is -0.142. The zero-order valence-corrected chi connectivity index (χ0v) is 37.3. The molecule has 5 amide bonds. The van der Waals surface area contributed by atoms with E-state index in [0.717, 1.165) is 22.4 Å². The van der Waals surface area contributed by atoms with Gasteiger partial charge in [-0.25, -0.2) is 0 Å². The Labute approximate surface area is 388 Å². The lowest BCUT2D eigenvalue weighted by atomic mass is 9.99. The molecule has 4 aromatic carbocycles. The molecule has 0 radical (unpaired) electrons. The van der Waals surface area contributed by atoms with E-state index in [0.29, 0.717) is 98.4 Å². The van der Waals surface area contributed by atoms with Crippen molar-refractivity contribution in [3.05, 3.63) is 124 Å². The Balaban J connectivity index is 0.738. The van der Waals surface area contributed by atoms with Gasteiger partial charge in [0.05, 0.1) is 69.2 Å². The number of carbonyl (C=O) groups is 5. The fourth-order valence-corrected chi connectivity index (χ4v) is 7.82. The van der Waals surface area contributed by atoms with E-state index in [4.69, 9.17) is 18.9 Å². The minimum atomic E-state index is -1.03. The maximum Gasteiger partial charge on any atom is 0.296 e. The van der Waals surface area contributed by atoms with Gasteiger partial charge in [0.15, 0.2) is 0 Å². The number of benzene rings is 4. The highest BCUT2D eigenvalue weighted by Crippen LogP contribution is 2.40. The summed E-state index contributed by atoms with van der Waals surface area (Å²) < 4.78 is 22.3. The Morgan fingerprint density at radius 1 is 0.821 bits per heavy atom. The molecule has 17 heteroatoms. The van der Waals surface area contributed by atoms with Gasteiger partial charge in [0.25, 0.3) is 11.8 Å². The van der Waals surface area contributed by atoms with Crippen molar-refractivity contribution in [2.24, 2.45) is 0 Å². The number of rotatable bonds is 22. The second-order valence-corrected chi connectivity index (χ2v) is 15.8. The Kier molecular flexibility index (Phi) is 17.4. The number of hydrogen-bond acceptors (Lipinski definition) is 13. The number of aliphatic hydroxyl groups excluding tert-OH is 1. The Morgan fingerprint density at radius 3 is 2.28 bits per heavy atom. The van der Waals surface area contributed by atoms with E-state index in [2.05, 4.69) is 43.7 Å². The van der Waals surface area contributed by atoms with E-state index in [-0.39, 0.29) is 56.4 Å². The Hall–Kier alpha value is -6.75. The molecule has 3 aliphatic rings. The second kappa shape index (κ2) is 24.1. The summed E-state index contributed by atoms with van der Waals surface area (Å²) in [7, 11) is 0. The van der Waals surface area contributed by atoms with Crippen molar-refractivity contribution in [1.29, 1.82) is 0 Å². The van der Waals surface area contributed by atoms with E-state index >= 15 is 0 Å². The molecule has 3 heterocycles. The second-order valence-electron chi connectivity index (χ2n) is 15.8. The predicted octanol–water partition coefficient (Wildman–Crippen LogP) is 3.51. The van der Waals surface area contributed by atoms with Gasteiger partial charge in [0.1, 0.15) is 12.8 Å². The fraction of sp³-hybridized carbons (Fsp3) is 0.340. The summed E-state index contributed by atoms with van der Waals surface area (Å²) in [6, 6.07) is 27.7. The third kappa shape index (κ3) is 13.2. The zero-order valence-electron chi connectivity index (χ0n) is 37.3. The van der Waals surface area contributed by atoms with Crippen molar-refractivity contribution in [3.8, 4) is 11.8 Å². The molecule has 0 aliphatic carbocycles. The first-order valence-corrected chi connectivity index (χ1v) is 22.3. The first-order chi connectivity index (χ1) is 32.7. The molecule has 0 aromatic heterocycles. The molecule has 7 N–H and O–H groups in total. The van der Waals surface area contributed by atoms with Gasteiger partial charge in [-0.15, -0.1) is 0 Å². The van der Waals surface area contributed by atoms with Crippen LogP contribution < -0.4 is 31.9 Å². The molecule has 0 saturated carbocycles. The largest absolute Gasteiger partial charge is 0.378 e. The van der Waals surface area contributed by atoms with Crippen LogP contribution in [0.3, 0.4) is 0 Å². The van der Waals surface area contributed by atoms with Crippen LogP contribution in [0.1, 0.15) is 59.4 Å². The van der Waals surface area contributed by atoms with Crippen LogP contribution >= 0.6 is 0 Å². The Morgan fingerprint density at radius 2 is 1.55 bits per heavy atom. The van der Waals surface area contributed by atoms with Gasteiger partial charge in [0.2, 0.25) is 17.7 Å². The van der Waals surface area contributed by atoms with Gasteiger partial charge >= 0.3 is 0 Å². The topological polar surface area (TPSA) is 218 Å². The van der Waals surface area contributed by atoms with Crippen LogP contribution in [0.5, 0.6) is 0 Å². The number of ether oxygens (including phenoxy) is 4. The highest BCUT2D eigenvalue weighted by molar-refractivity contribution is 6.37. The van der Waals surface area contributed by atoms with Gasteiger partial charge in [-0.2, -0.15) is 0 Å². The number of nitrogens with zero attached hydrogens (tertiary/aromatic N) is 1. The number of anilines is 3. The quantitative estimate of drug-likeness (QED) is 0.0260. The highest BCUT2D eigenvalue weighted by atomic mass is 16.6. The first kappa shape index (κ1) is 48.2. The normalized spacial score (nSPS) is 17.1. The highest BCUT2D eigenvalue weighted by Gasteiger charge is 2.40. The van der Waals surface area contributed by atoms with Gasteiger partial charge in [-0.1, -0.05) is 66.6 Å². The fourth-order valence-electron chi connectivity index (χ4n) is 7.82. The smallest absolute Gasteiger partial charge is 0.296 e. The molecular weight excluding hydrogens is 859 g/mol. The molecule has 0 bridgehead atoms. The van der Waals surface area contributed by atoms with Crippen molar-refractivity contribution in [2.45, 2.75) is 45.1 Å². The van der Waals surface area contributed by atoms with Crippen molar-refractivity contribution in [2.75, 3.05) is 81.9 Å². The van der Waals surface area contributed by atoms with Crippen LogP contribution in [0.2, 0.25) is 0 Å². The van der Waals surface area contributed by atoms with Crippen LogP contribution in [0.15, 0.2) is 91.0 Å². The minimum absolute atomic E-state index is 0.185. The summed E-state index contributed by atoms with van der Waals surface area (Å²) in [5.74, 6) is 3.73. The van der Waals surface area contributed by atoms with Crippen molar-refractivity contribution < 1.29 is 48.0 Å². The predicted molar refractivity (Wildman–Crippen MR) is 251 cm³/mol. The molecule has 0 spiro atoms. The number of hydrogen-bond donors (Lipinski definition) is 7. The van der Waals surface area contributed by atoms with E-state index in [1.165, 1.54) is 0 Å². The van der Waals surface area contributed by atoms with Gasteiger partial charge in [-0.05, 0) is 60.4 Å². The number of aliphatic hydroxyl groups is 1. The molecule has 1 fully saturated rings. The minimum Gasteiger partial charge on any atom is -0.378 e. The van der Waals surface area contributed by atoms with Crippen LogP contribution in [-0.4, -0.2) is 112 Å². The Bertz CT molecular complexity index is 2500. The van der Waals surface area contributed by atoms with E-state index in [1.54, 1.807) is 35.2 Å². The summed E-state index contributed by atoms with van der Waals surface area (Å²) in [6.07, 6.45) is -0.510. The summed E-state index contributed by atoms with van der Waals surface area (Å²) >= 11 is 0. The summed E-state index contributed by atoms with van der Waals surface area (Å²) in [4.78, 5) is 63.5. The number of imide groups is 1. The molecule has 350 valence electrons. The lowest BCUT2D eigenvalue weighted by Crippen LogP contribution is -2.51. The third-order valence-corrected chi connectivity index (χ3v) is 11.1. The molecule has 4 aromatic rings. The van der Waals surface area contributed by atoms with E-state index in [1.807, 2.05) is 67.6 Å². The van der Waals surface area contributed by atoms with Crippen molar-refractivity contribution >= 4 is 57.9 Å². The molecular formula is C50H55N7O10. The number of fused-ring (bicyclic) bond motifs is 2. The summed E-state index contributed by atoms with van der Waals surface area (Å²) in [5, 5.41) is 28.6. The molecule has 17 nitrogen and oxygen atoms in total. The lowest BCUT2D eigenvalue weighted by Gasteiger charge is -2.31. The number of nitrogens with one attached hydrogen (secondary N) is 6. The standard InChI is InChI=1S/C50H55N7O10/c1-2-52-43(58)19-14-33-13-17-38-41(29-33)55-49(62)46(38)47(35-7-4-3-5-8-35)53-36-15-11-34(12-16-36)30-51-21-22-64-23-24-65-25-26-66-27-28-67-32-45(60)54-40-10-6-9-37-39(40)31-57(50(37)63)42-18-20-44(59)56-48(42)61/h3-13,15-17,29,42,50-51,53,63H,2,18,20-28,30-32H2,1H3,(H,52,58)(H,54,60)(H,55,62)(H,56,59,61)/b47-46-. The van der Waals surface area contributed by atoms with Gasteiger partial charge in [0, 0.05) is 66.6 Å². The van der Waals surface area contributed by atoms with Crippen molar-refractivity contribution in [1.82, 2.24) is 20.9 Å². The van der Waals surface area contributed by atoms with Gasteiger partial charge < -0.3 is 50.6 Å². The third-order valence-electron chi connectivity index (χ3n) is 11.1. The first-order valence-electron chi connectivity index (χ1n) is 22.3. The average Bonchev–Trinajstić information content (AvgIpc) is 3.84. The monoisotopic (exact) mass is 913 g/mol. The van der Waals surface area contributed by atoms with Crippen LogP contribution in [0.25, 0.3) is 11.3 Å². The van der Waals surface area contributed by atoms with Crippen LogP contribution in [-0.2, 0) is 56.0 Å². The molecule has 7 rings (SSSR count). The molecule has 3 aliphatic heterocycles. The zero-order chi connectivity index (χ0) is 47.0. The van der Waals surface area contributed by atoms with Crippen molar-refractivity contribution in [3.63, 3.8) is 0 Å². The maximum atomic E-state index is 13.4. The number of amides is 5. The molecule has 67 heavy (non-hydrogen) atoms. The molecule has 1 saturated heterocycles. The number of piperidine rings is 1. The SMILES string of the molecule is CCNC(=O)C#Cc1ccc2c(c1)NC(=O)/C2=C(\Nc1ccc(CNCCOCCOCCOCCOCC(=O)Nc2cccc3c2CN(C2CCC(=O)NC2=O)C3O)cc1)c1ccccc1. The molecule has 2 atom stereocenters. The van der Waals surface area contributed by atoms with E-state index < -0.39 is 18.2 Å². The van der Waals surface area contributed by atoms with E-state index in [9.17, 15) is 29.1 Å². The van der Waals surface area contributed by atoms with Crippen LogP contribution in [0.4, 0.5) is 17.1 Å². The summed E-state index contributed by atoms with van der Waals surface area (Å²) in [5.41, 5.74) is 7.78. The summed E-state index contributed by atoms with van der Waals surface area (Å²) in [6.45, 7) is 6.30. The van der Waals surface area contributed by atoms with Gasteiger partial charge in [-0.3, -0.25) is 34.2 Å². The van der Waals surface area contributed by atoms with Crippen LogP contribution in [0, 0.1) is 11.8 Å². The molecule has 2 unspecified atom stereocenters.